The molecule has 0 spiro atoms. The van der Waals surface area contributed by atoms with Gasteiger partial charge in [-0.15, -0.1) is 0 Å². The average Bonchev–Trinajstić information content (AvgIpc) is 2.37. The van der Waals surface area contributed by atoms with Gasteiger partial charge in [-0.25, -0.2) is 13.2 Å². The predicted octanol–water partition coefficient (Wildman–Crippen LogP) is 2.66. The van der Waals surface area contributed by atoms with Crippen LogP contribution in [0.25, 0.3) is 0 Å². The van der Waals surface area contributed by atoms with Gasteiger partial charge in [-0.1, -0.05) is 15.9 Å². The first-order valence-corrected chi connectivity index (χ1v) is 8.49. The van der Waals surface area contributed by atoms with Crippen LogP contribution >= 0.6 is 15.9 Å². The van der Waals surface area contributed by atoms with E-state index in [4.69, 9.17) is 9.84 Å². The van der Waals surface area contributed by atoms with Gasteiger partial charge in [0, 0.05) is 18.2 Å². The van der Waals surface area contributed by atoms with Crippen molar-refractivity contribution in [1.29, 1.82) is 0 Å². The molecule has 0 radical (unpaired) electrons. The number of aromatic carboxylic acids is 1. The summed E-state index contributed by atoms with van der Waals surface area (Å²) in [5, 5.41) is 9.00. The van der Waals surface area contributed by atoms with Crippen LogP contribution in [0, 0.1) is 6.92 Å². The number of ether oxygens (including phenoxy) is 1. The number of hydrogen-bond donors (Lipinski definition) is 1. The minimum Gasteiger partial charge on any atom is -0.478 e. The molecule has 1 aromatic carbocycles. The predicted molar refractivity (Wildman–Crippen MR) is 79.0 cm³/mol. The maximum atomic E-state index is 12.3. The molecule has 0 unspecified atom stereocenters. The molecule has 1 rings (SSSR count). The van der Waals surface area contributed by atoms with Gasteiger partial charge < -0.3 is 9.84 Å². The molecule has 0 aliphatic carbocycles. The summed E-state index contributed by atoms with van der Waals surface area (Å²) in [6, 6.07) is 2.62. The normalized spacial score (nSPS) is 11.6. The Morgan fingerprint density at radius 1 is 1.35 bits per heavy atom. The summed E-state index contributed by atoms with van der Waals surface area (Å²) in [5.74, 6) is -1.17. The number of sulfone groups is 1. The van der Waals surface area contributed by atoms with Gasteiger partial charge in [-0.05, 0) is 37.5 Å². The maximum Gasteiger partial charge on any atom is 0.335 e. The molecule has 1 aromatic rings. The monoisotopic (exact) mass is 364 g/mol. The van der Waals surface area contributed by atoms with Crippen LogP contribution < -0.4 is 0 Å². The molecule has 112 valence electrons. The second-order valence-electron chi connectivity index (χ2n) is 4.41. The molecule has 0 fully saturated rings. The summed E-state index contributed by atoms with van der Waals surface area (Å²) >= 11 is 3.20. The molecule has 0 aliphatic rings. The first-order valence-electron chi connectivity index (χ1n) is 6.04. The fourth-order valence-electron chi connectivity index (χ4n) is 1.75. The number of carbonyl (C=O) groups is 1. The van der Waals surface area contributed by atoms with Gasteiger partial charge in [0.2, 0.25) is 0 Å². The summed E-state index contributed by atoms with van der Waals surface area (Å²) < 4.78 is 29.9. The summed E-state index contributed by atoms with van der Waals surface area (Å²) in [6.07, 6.45) is 1.12. The Hall–Kier alpha value is -0.920. The number of carboxylic acid groups (broad SMARTS) is 1. The van der Waals surface area contributed by atoms with E-state index in [2.05, 4.69) is 15.9 Å². The van der Waals surface area contributed by atoms with Crippen molar-refractivity contribution in [3.8, 4) is 0 Å². The van der Waals surface area contributed by atoms with E-state index in [0.29, 0.717) is 29.5 Å². The van der Waals surface area contributed by atoms with Crippen LogP contribution in [0.1, 0.15) is 28.8 Å². The standard InChI is InChI=1S/C13H17BrO5S/c1-9-11(14)7-10(13(15)16)8-12(9)20(17,18)6-4-3-5-19-2/h7-8H,3-6H2,1-2H3,(H,15,16). The van der Waals surface area contributed by atoms with E-state index in [9.17, 15) is 13.2 Å². The second kappa shape index (κ2) is 7.19. The van der Waals surface area contributed by atoms with Crippen LogP contribution in [0.15, 0.2) is 21.5 Å². The van der Waals surface area contributed by atoms with Gasteiger partial charge in [0.15, 0.2) is 9.84 Å². The highest BCUT2D eigenvalue weighted by Gasteiger charge is 2.20. The molecule has 0 saturated heterocycles. The van der Waals surface area contributed by atoms with E-state index in [1.165, 1.54) is 12.1 Å². The Morgan fingerprint density at radius 2 is 2.00 bits per heavy atom. The van der Waals surface area contributed by atoms with Crippen LogP contribution in [0.4, 0.5) is 0 Å². The topological polar surface area (TPSA) is 80.7 Å². The van der Waals surface area contributed by atoms with Crippen molar-refractivity contribution in [2.45, 2.75) is 24.7 Å². The molecule has 0 bridgehead atoms. The fraction of sp³-hybridized carbons (Fsp3) is 0.462. The quantitative estimate of drug-likeness (QED) is 0.752. The molecule has 7 heteroatoms. The minimum atomic E-state index is -3.50. The van der Waals surface area contributed by atoms with Crippen molar-refractivity contribution >= 4 is 31.7 Å². The molecular weight excluding hydrogens is 348 g/mol. The molecule has 0 aromatic heterocycles. The minimum absolute atomic E-state index is 0.0211. The number of unbranched alkanes of at least 4 members (excludes halogenated alkanes) is 1. The van der Waals surface area contributed by atoms with Gasteiger partial charge in [0.05, 0.1) is 16.2 Å². The van der Waals surface area contributed by atoms with Crippen LogP contribution in [-0.2, 0) is 14.6 Å². The van der Waals surface area contributed by atoms with E-state index in [1.54, 1.807) is 14.0 Å². The number of rotatable bonds is 7. The lowest BCUT2D eigenvalue weighted by Gasteiger charge is -2.10. The number of benzene rings is 1. The second-order valence-corrected chi connectivity index (χ2v) is 7.34. The Balaban J connectivity index is 3.07. The number of methoxy groups -OCH3 is 1. The lowest BCUT2D eigenvalue weighted by molar-refractivity contribution is 0.0696. The SMILES string of the molecule is COCCCCS(=O)(=O)c1cc(C(=O)O)cc(Br)c1C. The van der Waals surface area contributed by atoms with Crippen molar-refractivity contribution in [2.24, 2.45) is 0 Å². The Bertz CT molecular complexity index is 595. The summed E-state index contributed by atoms with van der Waals surface area (Å²) in [7, 11) is -1.94. The fourth-order valence-corrected chi connectivity index (χ4v) is 4.03. The van der Waals surface area contributed by atoms with Crippen LogP contribution in [0.5, 0.6) is 0 Å². The van der Waals surface area contributed by atoms with Crippen molar-refractivity contribution in [2.75, 3.05) is 19.5 Å². The van der Waals surface area contributed by atoms with Gasteiger partial charge in [-0.3, -0.25) is 0 Å². The highest BCUT2D eigenvalue weighted by molar-refractivity contribution is 9.10. The van der Waals surface area contributed by atoms with Gasteiger partial charge in [-0.2, -0.15) is 0 Å². The third-order valence-electron chi connectivity index (χ3n) is 2.89. The Morgan fingerprint density at radius 3 is 2.55 bits per heavy atom. The lowest BCUT2D eigenvalue weighted by atomic mass is 10.1. The summed E-state index contributed by atoms with van der Waals surface area (Å²) in [6.45, 7) is 2.16. The van der Waals surface area contributed by atoms with E-state index in [1.807, 2.05) is 0 Å². The van der Waals surface area contributed by atoms with E-state index in [0.717, 1.165) is 0 Å². The van der Waals surface area contributed by atoms with E-state index in [-0.39, 0.29) is 16.2 Å². The number of halogens is 1. The largest absolute Gasteiger partial charge is 0.478 e. The molecule has 5 nitrogen and oxygen atoms in total. The van der Waals surface area contributed by atoms with Gasteiger partial charge >= 0.3 is 5.97 Å². The lowest BCUT2D eigenvalue weighted by Crippen LogP contribution is -2.11. The molecule has 0 aliphatic heterocycles. The van der Waals surface area contributed by atoms with Crippen LogP contribution in [0.2, 0.25) is 0 Å². The van der Waals surface area contributed by atoms with E-state index >= 15 is 0 Å². The zero-order valence-electron chi connectivity index (χ0n) is 11.3. The molecule has 0 saturated carbocycles. The van der Waals surface area contributed by atoms with E-state index < -0.39 is 15.8 Å². The van der Waals surface area contributed by atoms with Crippen molar-refractivity contribution in [1.82, 2.24) is 0 Å². The van der Waals surface area contributed by atoms with Gasteiger partial charge in [0.25, 0.3) is 0 Å². The maximum absolute atomic E-state index is 12.3. The summed E-state index contributed by atoms with van der Waals surface area (Å²) in [4.78, 5) is 11.1. The molecule has 1 N–H and O–H groups in total. The van der Waals surface area contributed by atoms with Crippen LogP contribution in [0.3, 0.4) is 0 Å². The smallest absolute Gasteiger partial charge is 0.335 e. The van der Waals surface area contributed by atoms with Crippen LogP contribution in [-0.4, -0.2) is 39.0 Å². The highest BCUT2D eigenvalue weighted by Crippen LogP contribution is 2.27. The van der Waals surface area contributed by atoms with Crippen molar-refractivity contribution in [3.63, 3.8) is 0 Å². The third kappa shape index (κ3) is 4.29. The first kappa shape index (κ1) is 17.1. The Kier molecular flexibility index (Phi) is 6.16. The average molecular weight is 365 g/mol. The van der Waals surface area contributed by atoms with Gasteiger partial charge in [0.1, 0.15) is 0 Å². The molecule has 0 heterocycles. The molecule has 0 atom stereocenters. The van der Waals surface area contributed by atoms with Crippen molar-refractivity contribution < 1.29 is 23.1 Å². The zero-order chi connectivity index (χ0) is 15.3. The number of carboxylic acids is 1. The summed E-state index contributed by atoms with van der Waals surface area (Å²) in [5.41, 5.74) is 0.486. The Labute approximate surface area is 127 Å². The highest BCUT2D eigenvalue weighted by atomic mass is 79.9. The zero-order valence-corrected chi connectivity index (χ0v) is 13.8. The molecule has 20 heavy (non-hydrogen) atoms. The third-order valence-corrected chi connectivity index (χ3v) is 5.63. The molecular formula is C13H17BrO5S. The molecule has 0 amide bonds. The first-order chi connectivity index (χ1) is 9.29. The number of hydrogen-bond acceptors (Lipinski definition) is 4. The van der Waals surface area contributed by atoms with Crippen molar-refractivity contribution in [3.05, 3.63) is 27.7 Å².